The van der Waals surface area contributed by atoms with Gasteiger partial charge >= 0.3 is 0 Å². The van der Waals surface area contributed by atoms with Crippen LogP contribution in [-0.4, -0.2) is 29.5 Å². The predicted molar refractivity (Wildman–Crippen MR) is 118 cm³/mol. The van der Waals surface area contributed by atoms with E-state index in [1.54, 1.807) is 21.8 Å². The second-order valence-electron chi connectivity index (χ2n) is 7.25. The van der Waals surface area contributed by atoms with Crippen LogP contribution in [0, 0.1) is 13.8 Å². The first-order chi connectivity index (χ1) is 14.5. The van der Waals surface area contributed by atoms with Gasteiger partial charge in [-0.1, -0.05) is 35.4 Å². The fraction of sp³-hybridized carbons (Fsp3) is 0.0909. The van der Waals surface area contributed by atoms with Crippen molar-refractivity contribution in [2.24, 2.45) is 0 Å². The van der Waals surface area contributed by atoms with Gasteiger partial charge in [0.05, 0.1) is 34.7 Å². The third-order valence-corrected chi connectivity index (χ3v) is 5.06. The summed E-state index contributed by atoms with van der Waals surface area (Å²) in [7, 11) is 0. The SMILES string of the molecule is Cc1ccc(-n2ncc(-c3nc(N)c4cnn(-c5ccc(C)cc5)c4n3)c2N)cc1. The first kappa shape index (κ1) is 17.9. The Morgan fingerprint density at radius 1 is 0.700 bits per heavy atom. The number of hydrogen-bond donors (Lipinski definition) is 2. The minimum absolute atomic E-state index is 0.343. The van der Waals surface area contributed by atoms with Gasteiger partial charge < -0.3 is 11.5 Å². The van der Waals surface area contributed by atoms with E-state index in [1.807, 2.05) is 62.4 Å². The summed E-state index contributed by atoms with van der Waals surface area (Å²) in [6.07, 6.45) is 3.33. The summed E-state index contributed by atoms with van der Waals surface area (Å²) in [6.45, 7) is 4.07. The first-order valence-electron chi connectivity index (χ1n) is 9.50. The largest absolute Gasteiger partial charge is 0.383 e. The van der Waals surface area contributed by atoms with Gasteiger partial charge in [0.25, 0.3) is 0 Å². The first-order valence-corrected chi connectivity index (χ1v) is 9.50. The molecule has 8 heteroatoms. The molecule has 148 valence electrons. The van der Waals surface area contributed by atoms with Crippen LogP contribution in [0.15, 0.2) is 60.9 Å². The van der Waals surface area contributed by atoms with Crippen LogP contribution in [0.25, 0.3) is 33.8 Å². The van der Waals surface area contributed by atoms with Crippen molar-refractivity contribution in [3.8, 4) is 22.8 Å². The number of fused-ring (bicyclic) bond motifs is 1. The quantitative estimate of drug-likeness (QED) is 0.483. The van der Waals surface area contributed by atoms with E-state index in [-0.39, 0.29) is 0 Å². The third kappa shape index (κ3) is 2.86. The number of nitrogens with zero attached hydrogens (tertiary/aromatic N) is 6. The van der Waals surface area contributed by atoms with Crippen molar-refractivity contribution in [2.45, 2.75) is 13.8 Å². The maximum absolute atomic E-state index is 6.40. The standard InChI is InChI=1S/C22H20N8/c1-13-3-7-15(8-4-13)29-20(24)18(12-25-29)21-27-19(23)17-11-26-30(22(17)28-21)16-9-5-14(2)6-10-16/h3-12H,24H2,1-2H3,(H2,23,27,28). The average molecular weight is 396 g/mol. The fourth-order valence-corrected chi connectivity index (χ4v) is 3.35. The molecule has 5 rings (SSSR count). The lowest BCUT2D eigenvalue weighted by atomic mass is 10.2. The van der Waals surface area contributed by atoms with Crippen molar-refractivity contribution in [3.05, 3.63) is 72.1 Å². The number of benzene rings is 2. The predicted octanol–water partition coefficient (Wildman–Crippen LogP) is 3.45. The lowest BCUT2D eigenvalue weighted by molar-refractivity contribution is 0.890. The van der Waals surface area contributed by atoms with Crippen molar-refractivity contribution in [3.63, 3.8) is 0 Å². The van der Waals surface area contributed by atoms with Crippen LogP contribution in [0.1, 0.15) is 11.1 Å². The summed E-state index contributed by atoms with van der Waals surface area (Å²) in [5.74, 6) is 1.19. The van der Waals surface area contributed by atoms with Crippen molar-refractivity contribution >= 4 is 22.7 Å². The number of aryl methyl sites for hydroxylation is 2. The van der Waals surface area contributed by atoms with Crippen LogP contribution in [-0.2, 0) is 0 Å². The van der Waals surface area contributed by atoms with Crippen molar-refractivity contribution in [2.75, 3.05) is 11.5 Å². The Labute approximate surface area is 172 Å². The zero-order valence-corrected chi connectivity index (χ0v) is 16.6. The molecule has 0 fully saturated rings. The zero-order chi connectivity index (χ0) is 20.8. The number of aromatic nitrogens is 6. The van der Waals surface area contributed by atoms with Crippen LogP contribution in [0.4, 0.5) is 11.6 Å². The van der Waals surface area contributed by atoms with Gasteiger partial charge in [-0.2, -0.15) is 10.2 Å². The number of nitrogens with two attached hydrogens (primary N) is 2. The number of nitrogen functional groups attached to an aromatic ring is 2. The number of rotatable bonds is 3. The molecule has 0 amide bonds. The molecule has 0 saturated carbocycles. The number of hydrogen-bond acceptors (Lipinski definition) is 6. The van der Waals surface area contributed by atoms with E-state index in [2.05, 4.69) is 15.2 Å². The topological polar surface area (TPSA) is 113 Å². The molecule has 0 saturated heterocycles. The van der Waals surface area contributed by atoms with Gasteiger partial charge in [-0.15, -0.1) is 0 Å². The highest BCUT2D eigenvalue weighted by molar-refractivity contribution is 5.88. The highest BCUT2D eigenvalue weighted by atomic mass is 15.3. The maximum Gasteiger partial charge on any atom is 0.169 e. The Balaban J connectivity index is 1.64. The summed E-state index contributed by atoms with van der Waals surface area (Å²) >= 11 is 0. The average Bonchev–Trinajstić information content (AvgIpc) is 3.33. The van der Waals surface area contributed by atoms with Gasteiger partial charge in [0.15, 0.2) is 11.5 Å². The summed E-state index contributed by atoms with van der Waals surface area (Å²) in [5.41, 5.74) is 17.9. The van der Waals surface area contributed by atoms with Crippen molar-refractivity contribution < 1.29 is 0 Å². The molecule has 3 heterocycles. The van der Waals surface area contributed by atoms with Gasteiger partial charge in [-0.05, 0) is 38.1 Å². The zero-order valence-electron chi connectivity index (χ0n) is 16.6. The molecule has 30 heavy (non-hydrogen) atoms. The monoisotopic (exact) mass is 396 g/mol. The molecule has 0 aliphatic rings. The molecule has 2 aromatic carbocycles. The molecule has 3 aromatic heterocycles. The van der Waals surface area contributed by atoms with E-state index in [4.69, 9.17) is 16.5 Å². The Bertz CT molecular complexity index is 1360. The van der Waals surface area contributed by atoms with Crippen LogP contribution >= 0.6 is 0 Å². The molecule has 0 spiro atoms. The minimum Gasteiger partial charge on any atom is -0.383 e. The van der Waals surface area contributed by atoms with Crippen LogP contribution in [0.2, 0.25) is 0 Å². The van der Waals surface area contributed by atoms with Crippen molar-refractivity contribution in [1.29, 1.82) is 0 Å². The fourth-order valence-electron chi connectivity index (χ4n) is 3.35. The summed E-state index contributed by atoms with van der Waals surface area (Å²) in [6, 6.07) is 16.0. The van der Waals surface area contributed by atoms with E-state index in [0.717, 1.165) is 16.9 Å². The van der Waals surface area contributed by atoms with E-state index in [9.17, 15) is 0 Å². The lowest BCUT2D eigenvalue weighted by Crippen LogP contribution is -2.04. The van der Waals surface area contributed by atoms with E-state index in [0.29, 0.717) is 34.1 Å². The van der Waals surface area contributed by atoms with E-state index < -0.39 is 0 Å². The molecule has 0 aliphatic carbocycles. The molecule has 0 aliphatic heterocycles. The highest BCUT2D eigenvalue weighted by Gasteiger charge is 2.18. The van der Waals surface area contributed by atoms with Crippen LogP contribution in [0.3, 0.4) is 0 Å². The Morgan fingerprint density at radius 3 is 1.90 bits per heavy atom. The molecule has 8 nitrogen and oxygen atoms in total. The second kappa shape index (κ2) is 6.70. The van der Waals surface area contributed by atoms with Crippen LogP contribution < -0.4 is 11.5 Å². The number of anilines is 2. The Kier molecular flexibility index (Phi) is 3.99. The molecular formula is C22H20N8. The lowest BCUT2D eigenvalue weighted by Gasteiger charge is -2.07. The van der Waals surface area contributed by atoms with E-state index in [1.165, 1.54) is 5.56 Å². The Morgan fingerprint density at radius 2 is 1.27 bits per heavy atom. The third-order valence-electron chi connectivity index (χ3n) is 5.06. The molecule has 0 atom stereocenters. The molecule has 5 aromatic rings. The highest BCUT2D eigenvalue weighted by Crippen LogP contribution is 2.29. The summed E-state index contributed by atoms with van der Waals surface area (Å²) in [4.78, 5) is 9.18. The van der Waals surface area contributed by atoms with Gasteiger partial charge in [0.2, 0.25) is 0 Å². The minimum atomic E-state index is 0.343. The molecule has 4 N–H and O–H groups in total. The van der Waals surface area contributed by atoms with E-state index >= 15 is 0 Å². The van der Waals surface area contributed by atoms with Gasteiger partial charge in [0, 0.05) is 0 Å². The van der Waals surface area contributed by atoms with Crippen LogP contribution in [0.5, 0.6) is 0 Å². The molecule has 0 unspecified atom stereocenters. The smallest absolute Gasteiger partial charge is 0.169 e. The normalized spacial score (nSPS) is 11.3. The molecule has 0 bridgehead atoms. The maximum atomic E-state index is 6.40. The molecular weight excluding hydrogens is 376 g/mol. The van der Waals surface area contributed by atoms with Gasteiger partial charge in [-0.25, -0.2) is 19.3 Å². The summed E-state index contributed by atoms with van der Waals surface area (Å²) in [5, 5.41) is 9.57. The van der Waals surface area contributed by atoms with Crippen molar-refractivity contribution in [1.82, 2.24) is 29.5 Å². The van der Waals surface area contributed by atoms with Gasteiger partial charge in [-0.3, -0.25) is 0 Å². The Hall–Kier alpha value is -4.20. The van der Waals surface area contributed by atoms with Gasteiger partial charge in [0.1, 0.15) is 11.6 Å². The molecule has 0 radical (unpaired) electrons. The second-order valence-corrected chi connectivity index (χ2v) is 7.25. The summed E-state index contributed by atoms with van der Waals surface area (Å²) < 4.78 is 3.41.